The molecule has 1 rings (SSSR count). The third kappa shape index (κ3) is 1.55. The molecule has 0 aromatic carbocycles. The Balaban J connectivity index is 2.79. The maximum Gasteiger partial charge on any atom is -0.00837 e. The van der Waals surface area contributed by atoms with Crippen molar-refractivity contribution >= 4 is 0 Å². The monoisotopic (exact) mass is 150 g/mol. The lowest BCUT2D eigenvalue weighted by molar-refractivity contribution is 0.317. The topological polar surface area (TPSA) is 0 Å². The summed E-state index contributed by atoms with van der Waals surface area (Å²) in [5.74, 6) is 0.719. The number of allylic oxidation sites excluding steroid dienone is 4. The van der Waals surface area contributed by atoms with Crippen molar-refractivity contribution in [2.75, 3.05) is 0 Å². The van der Waals surface area contributed by atoms with Crippen LogP contribution in [0.1, 0.15) is 34.1 Å². The quantitative estimate of drug-likeness (QED) is 0.564. The number of hydrogen-bond acceptors (Lipinski definition) is 0. The summed E-state index contributed by atoms with van der Waals surface area (Å²) >= 11 is 0. The molecule has 0 fully saturated rings. The molecule has 1 aliphatic carbocycles. The largest absolute Gasteiger partial charge is 0.0804 e. The van der Waals surface area contributed by atoms with Gasteiger partial charge in [-0.2, -0.15) is 0 Å². The van der Waals surface area contributed by atoms with Crippen LogP contribution in [0, 0.1) is 11.3 Å². The molecule has 0 aromatic rings. The van der Waals surface area contributed by atoms with Crippen LogP contribution in [0.3, 0.4) is 0 Å². The van der Waals surface area contributed by atoms with E-state index in [1.807, 2.05) is 0 Å². The molecule has 0 aromatic heterocycles. The van der Waals surface area contributed by atoms with E-state index in [4.69, 9.17) is 0 Å². The van der Waals surface area contributed by atoms with Gasteiger partial charge in [0.2, 0.25) is 0 Å². The highest BCUT2D eigenvalue weighted by Gasteiger charge is 2.25. The van der Waals surface area contributed by atoms with Crippen LogP contribution in [0.25, 0.3) is 0 Å². The van der Waals surface area contributed by atoms with Crippen molar-refractivity contribution in [1.29, 1.82) is 0 Å². The zero-order chi connectivity index (χ0) is 8.48. The molecule has 0 saturated carbocycles. The molecule has 1 aliphatic rings. The molecule has 0 aliphatic heterocycles. The normalized spacial score (nSPS) is 17.7. The maximum absolute atomic E-state index is 2.33. The van der Waals surface area contributed by atoms with E-state index in [1.54, 1.807) is 0 Å². The molecule has 0 amide bonds. The van der Waals surface area contributed by atoms with E-state index in [9.17, 15) is 0 Å². The first kappa shape index (κ1) is 8.58. The third-order valence-electron chi connectivity index (χ3n) is 2.96. The Kier molecular flexibility index (Phi) is 2.22. The SMILES string of the molecule is CC(C)C(C)(C)C1=CCC=C1. The molecule has 0 nitrogen and oxygen atoms in total. The molecule has 0 atom stereocenters. The van der Waals surface area contributed by atoms with E-state index in [0.717, 1.165) is 12.3 Å². The molecule has 0 heteroatoms. The van der Waals surface area contributed by atoms with Crippen molar-refractivity contribution in [2.24, 2.45) is 11.3 Å². The summed E-state index contributed by atoms with van der Waals surface area (Å²) in [5, 5.41) is 0. The highest BCUT2D eigenvalue weighted by Crippen LogP contribution is 2.37. The van der Waals surface area contributed by atoms with Crippen molar-refractivity contribution in [3.05, 3.63) is 23.8 Å². The second-order valence-electron chi connectivity index (χ2n) is 4.17. The van der Waals surface area contributed by atoms with Gasteiger partial charge in [-0.25, -0.2) is 0 Å². The average Bonchev–Trinajstić information content (AvgIpc) is 2.37. The van der Waals surface area contributed by atoms with E-state index >= 15 is 0 Å². The molecule has 0 spiro atoms. The minimum absolute atomic E-state index is 0.354. The van der Waals surface area contributed by atoms with Gasteiger partial charge in [0.25, 0.3) is 0 Å². The van der Waals surface area contributed by atoms with E-state index in [0.29, 0.717) is 5.41 Å². The zero-order valence-electron chi connectivity index (χ0n) is 8.02. The fraction of sp³-hybridized carbons (Fsp3) is 0.636. The Labute approximate surface area is 70.0 Å². The van der Waals surface area contributed by atoms with Crippen LogP contribution in [0.15, 0.2) is 23.8 Å². The molecule has 11 heavy (non-hydrogen) atoms. The van der Waals surface area contributed by atoms with Crippen molar-refractivity contribution < 1.29 is 0 Å². The first-order chi connectivity index (χ1) is 5.05. The molecule has 0 unspecified atom stereocenters. The predicted molar refractivity (Wildman–Crippen MR) is 50.5 cm³/mol. The molecule has 0 saturated heterocycles. The van der Waals surface area contributed by atoms with Crippen LogP contribution >= 0.6 is 0 Å². The summed E-state index contributed by atoms with van der Waals surface area (Å²) in [6, 6.07) is 0. The Morgan fingerprint density at radius 1 is 1.36 bits per heavy atom. The summed E-state index contributed by atoms with van der Waals surface area (Å²) in [5.41, 5.74) is 1.86. The molecule has 0 N–H and O–H groups in total. The van der Waals surface area contributed by atoms with Crippen LogP contribution in [-0.2, 0) is 0 Å². The molecule has 0 heterocycles. The first-order valence-corrected chi connectivity index (χ1v) is 4.42. The van der Waals surface area contributed by atoms with Gasteiger partial charge in [-0.15, -0.1) is 0 Å². The van der Waals surface area contributed by atoms with Crippen molar-refractivity contribution in [3.8, 4) is 0 Å². The van der Waals surface area contributed by atoms with Gasteiger partial charge in [-0.1, -0.05) is 45.9 Å². The van der Waals surface area contributed by atoms with Gasteiger partial charge in [-0.3, -0.25) is 0 Å². The number of hydrogen-bond donors (Lipinski definition) is 0. The van der Waals surface area contributed by atoms with E-state index < -0.39 is 0 Å². The van der Waals surface area contributed by atoms with Crippen molar-refractivity contribution in [2.45, 2.75) is 34.1 Å². The summed E-state index contributed by atoms with van der Waals surface area (Å²) in [6.07, 6.45) is 7.96. The lowest BCUT2D eigenvalue weighted by atomic mass is 9.75. The van der Waals surface area contributed by atoms with E-state index in [-0.39, 0.29) is 0 Å². The third-order valence-corrected chi connectivity index (χ3v) is 2.96. The fourth-order valence-corrected chi connectivity index (χ4v) is 1.27. The van der Waals surface area contributed by atoms with E-state index in [2.05, 4.69) is 45.9 Å². The first-order valence-electron chi connectivity index (χ1n) is 4.42. The number of rotatable bonds is 2. The molecule has 0 bridgehead atoms. The van der Waals surface area contributed by atoms with Crippen LogP contribution < -0.4 is 0 Å². The summed E-state index contributed by atoms with van der Waals surface area (Å²) in [7, 11) is 0. The molecular formula is C11H18. The van der Waals surface area contributed by atoms with Gasteiger partial charge in [0.1, 0.15) is 0 Å². The smallest absolute Gasteiger partial charge is 0.00837 e. The summed E-state index contributed by atoms with van der Waals surface area (Å²) < 4.78 is 0. The van der Waals surface area contributed by atoms with Crippen LogP contribution in [0.5, 0.6) is 0 Å². The van der Waals surface area contributed by atoms with Crippen molar-refractivity contribution in [1.82, 2.24) is 0 Å². The van der Waals surface area contributed by atoms with Gasteiger partial charge in [0, 0.05) is 0 Å². The fourth-order valence-electron chi connectivity index (χ4n) is 1.27. The Hall–Kier alpha value is -0.520. The highest BCUT2D eigenvalue weighted by atomic mass is 14.3. The summed E-state index contributed by atoms with van der Waals surface area (Å²) in [6.45, 7) is 9.21. The van der Waals surface area contributed by atoms with Crippen LogP contribution in [0.2, 0.25) is 0 Å². The maximum atomic E-state index is 2.33. The van der Waals surface area contributed by atoms with Gasteiger partial charge in [0.15, 0.2) is 0 Å². The van der Waals surface area contributed by atoms with Crippen LogP contribution in [-0.4, -0.2) is 0 Å². The molecule has 62 valence electrons. The second-order valence-corrected chi connectivity index (χ2v) is 4.17. The summed E-state index contributed by atoms with van der Waals surface area (Å²) in [4.78, 5) is 0. The Bertz CT molecular complexity index is 192. The average molecular weight is 150 g/mol. The lowest BCUT2D eigenvalue weighted by Gasteiger charge is -2.30. The van der Waals surface area contributed by atoms with Crippen molar-refractivity contribution in [3.63, 3.8) is 0 Å². The minimum atomic E-state index is 0.354. The van der Waals surface area contributed by atoms with Gasteiger partial charge in [-0.05, 0) is 23.3 Å². The molecule has 0 radical (unpaired) electrons. The van der Waals surface area contributed by atoms with Gasteiger partial charge < -0.3 is 0 Å². The Morgan fingerprint density at radius 3 is 2.36 bits per heavy atom. The van der Waals surface area contributed by atoms with Crippen LogP contribution in [0.4, 0.5) is 0 Å². The van der Waals surface area contributed by atoms with Gasteiger partial charge in [0.05, 0.1) is 0 Å². The predicted octanol–water partition coefficient (Wildman–Crippen LogP) is 3.55. The van der Waals surface area contributed by atoms with Gasteiger partial charge >= 0.3 is 0 Å². The Morgan fingerprint density at radius 2 is 2.00 bits per heavy atom. The minimum Gasteiger partial charge on any atom is -0.0804 e. The van der Waals surface area contributed by atoms with E-state index in [1.165, 1.54) is 5.57 Å². The molecular weight excluding hydrogens is 132 g/mol. The lowest BCUT2D eigenvalue weighted by Crippen LogP contribution is -2.20. The standard InChI is InChI=1S/C11H18/c1-9(2)11(3,4)10-7-5-6-8-10/h5,7-9H,6H2,1-4H3. The highest BCUT2D eigenvalue weighted by molar-refractivity contribution is 5.31. The second kappa shape index (κ2) is 2.84. The zero-order valence-corrected chi connectivity index (χ0v) is 8.02.